The van der Waals surface area contributed by atoms with Crippen LogP contribution in [0.4, 0.5) is 10.1 Å². The summed E-state index contributed by atoms with van der Waals surface area (Å²) in [6.45, 7) is 3.86. The third-order valence-corrected chi connectivity index (χ3v) is 2.79. The Kier molecular flexibility index (Phi) is 2.65. The van der Waals surface area contributed by atoms with Crippen LogP contribution in [0.3, 0.4) is 0 Å². The van der Waals surface area contributed by atoms with Crippen molar-refractivity contribution in [3.05, 3.63) is 53.3 Å². The standard InChI is InChI=1S/C14H14FN/c1-9-6-7-13(15)12(8-9)11-4-3-5-14(16)10(11)2/h3-8H,16H2,1-2H3. The van der Waals surface area contributed by atoms with Crippen molar-refractivity contribution in [2.24, 2.45) is 0 Å². The van der Waals surface area contributed by atoms with E-state index in [-0.39, 0.29) is 5.82 Å². The predicted octanol–water partition coefficient (Wildman–Crippen LogP) is 3.69. The fourth-order valence-corrected chi connectivity index (χ4v) is 1.79. The number of rotatable bonds is 1. The van der Waals surface area contributed by atoms with Crippen LogP contribution in [0.15, 0.2) is 36.4 Å². The van der Waals surface area contributed by atoms with Gasteiger partial charge in [-0.15, -0.1) is 0 Å². The predicted molar refractivity (Wildman–Crippen MR) is 65.7 cm³/mol. The highest BCUT2D eigenvalue weighted by atomic mass is 19.1. The highest BCUT2D eigenvalue weighted by Gasteiger charge is 2.09. The third-order valence-electron chi connectivity index (χ3n) is 2.79. The molecule has 0 spiro atoms. The van der Waals surface area contributed by atoms with Gasteiger partial charge in [-0.3, -0.25) is 0 Å². The van der Waals surface area contributed by atoms with Gasteiger partial charge in [-0.2, -0.15) is 0 Å². The highest BCUT2D eigenvalue weighted by molar-refractivity contribution is 5.73. The van der Waals surface area contributed by atoms with Gasteiger partial charge in [0.2, 0.25) is 0 Å². The number of nitrogen functional groups attached to an aromatic ring is 1. The summed E-state index contributed by atoms with van der Waals surface area (Å²) < 4.78 is 13.7. The Bertz CT molecular complexity index is 532. The fourth-order valence-electron chi connectivity index (χ4n) is 1.79. The number of nitrogens with two attached hydrogens (primary N) is 1. The van der Waals surface area contributed by atoms with E-state index < -0.39 is 0 Å². The Labute approximate surface area is 94.7 Å². The molecule has 0 aliphatic carbocycles. The summed E-state index contributed by atoms with van der Waals surface area (Å²) in [6, 6.07) is 10.7. The number of anilines is 1. The van der Waals surface area contributed by atoms with Crippen molar-refractivity contribution in [3.63, 3.8) is 0 Å². The average Bonchev–Trinajstić information content (AvgIpc) is 2.26. The lowest BCUT2D eigenvalue weighted by Gasteiger charge is -2.10. The van der Waals surface area contributed by atoms with E-state index in [2.05, 4.69) is 0 Å². The van der Waals surface area contributed by atoms with Gasteiger partial charge in [0, 0.05) is 11.3 Å². The van der Waals surface area contributed by atoms with Gasteiger partial charge in [0.25, 0.3) is 0 Å². The van der Waals surface area contributed by atoms with Gasteiger partial charge < -0.3 is 5.73 Å². The monoisotopic (exact) mass is 215 g/mol. The molecule has 0 aromatic heterocycles. The van der Waals surface area contributed by atoms with Crippen molar-refractivity contribution < 1.29 is 4.39 Å². The summed E-state index contributed by atoms with van der Waals surface area (Å²) in [5.74, 6) is -0.209. The second-order valence-corrected chi connectivity index (χ2v) is 4.00. The van der Waals surface area contributed by atoms with Crippen molar-refractivity contribution >= 4 is 5.69 Å². The third kappa shape index (κ3) is 1.78. The Morgan fingerprint density at radius 2 is 1.75 bits per heavy atom. The lowest BCUT2D eigenvalue weighted by molar-refractivity contribution is 0.631. The summed E-state index contributed by atoms with van der Waals surface area (Å²) in [6.07, 6.45) is 0. The molecule has 82 valence electrons. The van der Waals surface area contributed by atoms with Crippen molar-refractivity contribution in [2.75, 3.05) is 5.73 Å². The normalized spacial score (nSPS) is 10.4. The van der Waals surface area contributed by atoms with Crippen molar-refractivity contribution in [2.45, 2.75) is 13.8 Å². The summed E-state index contributed by atoms with van der Waals surface area (Å²) in [5.41, 5.74) is 9.96. The average molecular weight is 215 g/mol. The fraction of sp³-hybridized carbons (Fsp3) is 0.143. The zero-order chi connectivity index (χ0) is 11.7. The van der Waals surface area contributed by atoms with Gasteiger partial charge in [0.1, 0.15) is 5.82 Å². The Morgan fingerprint density at radius 3 is 2.50 bits per heavy atom. The minimum Gasteiger partial charge on any atom is -0.398 e. The van der Waals surface area contributed by atoms with Gasteiger partial charge in [-0.25, -0.2) is 4.39 Å². The number of hydrogen-bond donors (Lipinski definition) is 1. The lowest BCUT2D eigenvalue weighted by atomic mass is 9.97. The number of aryl methyl sites for hydroxylation is 1. The smallest absolute Gasteiger partial charge is 0.131 e. The molecule has 2 aromatic rings. The second kappa shape index (κ2) is 3.97. The zero-order valence-electron chi connectivity index (χ0n) is 9.42. The van der Waals surface area contributed by atoms with E-state index in [9.17, 15) is 4.39 Å². The van der Waals surface area contributed by atoms with Crippen LogP contribution in [0.2, 0.25) is 0 Å². The SMILES string of the molecule is Cc1ccc(F)c(-c2cccc(N)c2C)c1. The van der Waals surface area contributed by atoms with Crippen LogP contribution >= 0.6 is 0 Å². The van der Waals surface area contributed by atoms with Gasteiger partial charge in [0.05, 0.1) is 0 Å². The first-order valence-electron chi connectivity index (χ1n) is 5.21. The van der Waals surface area contributed by atoms with E-state index in [1.165, 1.54) is 6.07 Å². The molecule has 2 rings (SSSR count). The molecule has 0 unspecified atom stereocenters. The molecule has 0 radical (unpaired) electrons. The van der Waals surface area contributed by atoms with E-state index in [4.69, 9.17) is 5.73 Å². The minimum absolute atomic E-state index is 0.209. The van der Waals surface area contributed by atoms with Gasteiger partial charge in [-0.05, 0) is 43.2 Å². The molecular formula is C14H14FN. The topological polar surface area (TPSA) is 26.0 Å². The van der Waals surface area contributed by atoms with Gasteiger partial charge in [-0.1, -0.05) is 23.8 Å². The molecule has 0 bridgehead atoms. The summed E-state index contributed by atoms with van der Waals surface area (Å²) in [7, 11) is 0. The van der Waals surface area contributed by atoms with Crippen LogP contribution in [0.5, 0.6) is 0 Å². The van der Waals surface area contributed by atoms with E-state index in [0.717, 1.165) is 16.7 Å². The molecule has 0 amide bonds. The number of hydrogen-bond acceptors (Lipinski definition) is 1. The molecule has 16 heavy (non-hydrogen) atoms. The molecule has 0 aliphatic rings. The van der Waals surface area contributed by atoms with Crippen LogP contribution in [-0.4, -0.2) is 0 Å². The summed E-state index contributed by atoms with van der Waals surface area (Å²) in [4.78, 5) is 0. The van der Waals surface area contributed by atoms with Gasteiger partial charge >= 0.3 is 0 Å². The van der Waals surface area contributed by atoms with Crippen LogP contribution in [0.1, 0.15) is 11.1 Å². The van der Waals surface area contributed by atoms with Crippen molar-refractivity contribution in [1.29, 1.82) is 0 Å². The second-order valence-electron chi connectivity index (χ2n) is 4.00. The molecule has 0 atom stereocenters. The van der Waals surface area contributed by atoms with Gasteiger partial charge in [0.15, 0.2) is 0 Å². The quantitative estimate of drug-likeness (QED) is 0.721. The molecular weight excluding hydrogens is 201 g/mol. The van der Waals surface area contributed by atoms with Crippen LogP contribution in [0.25, 0.3) is 11.1 Å². The maximum absolute atomic E-state index is 13.7. The highest BCUT2D eigenvalue weighted by Crippen LogP contribution is 2.29. The molecule has 0 aliphatic heterocycles. The van der Waals surface area contributed by atoms with Crippen LogP contribution < -0.4 is 5.73 Å². The van der Waals surface area contributed by atoms with Crippen LogP contribution in [-0.2, 0) is 0 Å². The molecule has 2 N–H and O–H groups in total. The maximum atomic E-state index is 13.7. The van der Waals surface area contributed by atoms with E-state index >= 15 is 0 Å². The first-order chi connectivity index (χ1) is 7.59. The Balaban J connectivity index is 2.67. The molecule has 1 nitrogen and oxygen atoms in total. The van der Waals surface area contributed by atoms with Crippen molar-refractivity contribution in [1.82, 2.24) is 0 Å². The lowest BCUT2D eigenvalue weighted by Crippen LogP contribution is -1.94. The molecule has 2 heteroatoms. The molecule has 0 fully saturated rings. The molecule has 0 saturated heterocycles. The van der Waals surface area contributed by atoms with Crippen molar-refractivity contribution in [3.8, 4) is 11.1 Å². The number of benzene rings is 2. The molecule has 0 heterocycles. The molecule has 0 saturated carbocycles. The number of halogens is 1. The Morgan fingerprint density at radius 1 is 1.00 bits per heavy atom. The van der Waals surface area contributed by atoms with E-state index in [1.807, 2.05) is 38.1 Å². The van der Waals surface area contributed by atoms with E-state index in [0.29, 0.717) is 11.3 Å². The summed E-state index contributed by atoms with van der Waals surface area (Å²) in [5, 5.41) is 0. The largest absolute Gasteiger partial charge is 0.398 e. The summed E-state index contributed by atoms with van der Waals surface area (Å²) >= 11 is 0. The molecule has 2 aromatic carbocycles. The van der Waals surface area contributed by atoms with Crippen LogP contribution in [0, 0.1) is 19.7 Å². The first kappa shape index (κ1) is 10.7. The first-order valence-corrected chi connectivity index (χ1v) is 5.21. The zero-order valence-corrected chi connectivity index (χ0v) is 9.42. The van der Waals surface area contributed by atoms with E-state index in [1.54, 1.807) is 6.07 Å². The minimum atomic E-state index is -0.209. The Hall–Kier alpha value is -1.83. The maximum Gasteiger partial charge on any atom is 0.131 e.